The zero-order valence-electron chi connectivity index (χ0n) is 13.4. The highest BCUT2D eigenvalue weighted by Gasteiger charge is 2.32. The zero-order valence-corrected chi connectivity index (χ0v) is 14.1. The first-order valence-corrected chi connectivity index (χ1v) is 8.44. The second kappa shape index (κ2) is 7.21. The van der Waals surface area contributed by atoms with Crippen LogP contribution in [0.1, 0.15) is 43.7 Å². The standard InChI is InChI=1S/C17H19ClFN3O2/c1-2-4-12-10-15(21-24-12)16-5-3-8-22(16)17(23)20-11-6-7-14(19)13(18)9-11/h6-7,9-10,16H,2-5,8H2,1H3,(H,20,23)/t16-/m1/s1. The Labute approximate surface area is 144 Å². The summed E-state index contributed by atoms with van der Waals surface area (Å²) < 4.78 is 18.5. The number of hydrogen-bond acceptors (Lipinski definition) is 3. The van der Waals surface area contributed by atoms with Crippen LogP contribution < -0.4 is 5.32 Å². The quantitative estimate of drug-likeness (QED) is 0.861. The Kier molecular flexibility index (Phi) is 5.04. The summed E-state index contributed by atoms with van der Waals surface area (Å²) in [7, 11) is 0. The molecule has 7 heteroatoms. The summed E-state index contributed by atoms with van der Waals surface area (Å²) in [5, 5.41) is 6.85. The predicted octanol–water partition coefficient (Wildman–Crippen LogP) is 4.79. The number of urea groups is 1. The predicted molar refractivity (Wildman–Crippen MR) is 89.6 cm³/mol. The van der Waals surface area contributed by atoms with Crippen molar-refractivity contribution in [2.45, 2.75) is 38.6 Å². The summed E-state index contributed by atoms with van der Waals surface area (Å²) in [5.41, 5.74) is 1.24. The summed E-state index contributed by atoms with van der Waals surface area (Å²) in [6.07, 6.45) is 3.56. The van der Waals surface area contributed by atoms with Gasteiger partial charge in [-0.2, -0.15) is 0 Å². The molecule has 3 rings (SSSR count). The molecule has 1 N–H and O–H groups in total. The van der Waals surface area contributed by atoms with Gasteiger partial charge in [0.25, 0.3) is 0 Å². The lowest BCUT2D eigenvalue weighted by molar-refractivity contribution is 0.204. The second-order valence-corrected chi connectivity index (χ2v) is 6.29. The number of aromatic nitrogens is 1. The summed E-state index contributed by atoms with van der Waals surface area (Å²) in [5.74, 6) is 0.324. The zero-order chi connectivity index (χ0) is 17.1. The molecule has 1 fully saturated rings. The molecule has 5 nitrogen and oxygen atoms in total. The lowest BCUT2D eigenvalue weighted by atomic mass is 10.1. The van der Waals surface area contributed by atoms with Crippen LogP contribution in [0.2, 0.25) is 5.02 Å². The van der Waals surface area contributed by atoms with Gasteiger partial charge in [-0.25, -0.2) is 9.18 Å². The maximum Gasteiger partial charge on any atom is 0.322 e. The minimum absolute atomic E-state index is 0.0218. The number of halogens is 2. The molecule has 0 radical (unpaired) electrons. The minimum atomic E-state index is -0.514. The van der Waals surface area contributed by atoms with Gasteiger partial charge in [0.2, 0.25) is 0 Å². The summed E-state index contributed by atoms with van der Waals surface area (Å²) in [6, 6.07) is 5.69. The van der Waals surface area contributed by atoms with E-state index in [1.165, 1.54) is 18.2 Å². The van der Waals surface area contributed by atoms with Crippen LogP contribution in [0, 0.1) is 5.82 Å². The maximum atomic E-state index is 13.2. The number of nitrogens with one attached hydrogen (secondary N) is 1. The molecular formula is C17H19ClFN3O2. The number of rotatable bonds is 4. The van der Waals surface area contributed by atoms with E-state index in [0.717, 1.165) is 37.1 Å². The Bertz CT molecular complexity index is 734. The van der Waals surface area contributed by atoms with Crippen molar-refractivity contribution in [3.05, 3.63) is 46.6 Å². The molecule has 1 aromatic heterocycles. The fourth-order valence-electron chi connectivity index (χ4n) is 2.94. The van der Waals surface area contributed by atoms with Gasteiger partial charge in [0, 0.05) is 24.7 Å². The van der Waals surface area contributed by atoms with Gasteiger partial charge < -0.3 is 14.7 Å². The molecule has 0 unspecified atom stereocenters. The molecule has 24 heavy (non-hydrogen) atoms. The van der Waals surface area contributed by atoms with Crippen molar-refractivity contribution in [3.8, 4) is 0 Å². The van der Waals surface area contributed by atoms with E-state index < -0.39 is 5.82 Å². The maximum absolute atomic E-state index is 13.2. The van der Waals surface area contributed by atoms with Crippen LogP contribution in [0.4, 0.5) is 14.9 Å². The molecule has 2 aromatic rings. The van der Waals surface area contributed by atoms with Crippen molar-refractivity contribution in [2.24, 2.45) is 0 Å². The first-order valence-electron chi connectivity index (χ1n) is 8.06. The second-order valence-electron chi connectivity index (χ2n) is 5.88. The number of nitrogens with zero attached hydrogens (tertiary/aromatic N) is 2. The molecule has 1 saturated heterocycles. The summed E-state index contributed by atoms with van der Waals surface area (Å²) in [4.78, 5) is 14.3. The smallest absolute Gasteiger partial charge is 0.322 e. The van der Waals surface area contributed by atoms with Crippen LogP contribution in [0.3, 0.4) is 0 Å². The number of likely N-dealkylation sites (tertiary alicyclic amines) is 1. The first-order chi connectivity index (χ1) is 11.6. The third-order valence-electron chi connectivity index (χ3n) is 4.10. The van der Waals surface area contributed by atoms with E-state index in [1.54, 1.807) is 4.90 Å². The van der Waals surface area contributed by atoms with E-state index in [4.69, 9.17) is 16.1 Å². The van der Waals surface area contributed by atoms with E-state index in [1.807, 2.05) is 6.07 Å². The van der Waals surface area contributed by atoms with Crippen LogP contribution in [0.25, 0.3) is 0 Å². The fourth-order valence-corrected chi connectivity index (χ4v) is 3.12. The molecular weight excluding hydrogens is 333 g/mol. The molecule has 0 saturated carbocycles. The van der Waals surface area contributed by atoms with Gasteiger partial charge in [0.1, 0.15) is 17.3 Å². The highest BCUT2D eigenvalue weighted by molar-refractivity contribution is 6.31. The molecule has 2 amide bonds. The molecule has 2 heterocycles. The van der Waals surface area contributed by atoms with E-state index in [-0.39, 0.29) is 17.1 Å². The number of amides is 2. The van der Waals surface area contributed by atoms with E-state index >= 15 is 0 Å². The van der Waals surface area contributed by atoms with E-state index in [9.17, 15) is 9.18 Å². The third kappa shape index (κ3) is 3.53. The Balaban J connectivity index is 1.71. The van der Waals surface area contributed by atoms with Gasteiger partial charge in [0.15, 0.2) is 0 Å². The highest BCUT2D eigenvalue weighted by Crippen LogP contribution is 2.32. The Hall–Kier alpha value is -2.08. The SMILES string of the molecule is CCCc1cc([C@H]2CCCN2C(=O)Nc2ccc(F)c(Cl)c2)no1. The molecule has 1 aliphatic rings. The first kappa shape index (κ1) is 16.8. The molecule has 1 aromatic carbocycles. The number of carbonyl (C=O) groups is 1. The number of aryl methyl sites for hydroxylation is 1. The number of benzene rings is 1. The van der Waals surface area contributed by atoms with Gasteiger partial charge >= 0.3 is 6.03 Å². The normalized spacial score (nSPS) is 17.3. The van der Waals surface area contributed by atoms with E-state index in [0.29, 0.717) is 12.2 Å². The van der Waals surface area contributed by atoms with Gasteiger partial charge in [-0.3, -0.25) is 0 Å². The lowest BCUT2D eigenvalue weighted by Gasteiger charge is -2.23. The van der Waals surface area contributed by atoms with Crippen LogP contribution in [-0.4, -0.2) is 22.6 Å². The van der Waals surface area contributed by atoms with Crippen molar-refractivity contribution >= 4 is 23.3 Å². The van der Waals surface area contributed by atoms with Crippen LogP contribution >= 0.6 is 11.6 Å². The van der Waals surface area contributed by atoms with Crippen molar-refractivity contribution in [1.29, 1.82) is 0 Å². The van der Waals surface area contributed by atoms with Crippen molar-refractivity contribution in [3.63, 3.8) is 0 Å². The molecule has 128 valence electrons. The topological polar surface area (TPSA) is 58.4 Å². The number of carbonyl (C=O) groups excluding carboxylic acids is 1. The third-order valence-corrected chi connectivity index (χ3v) is 4.39. The highest BCUT2D eigenvalue weighted by atomic mass is 35.5. The number of hydrogen-bond donors (Lipinski definition) is 1. The molecule has 1 aliphatic heterocycles. The van der Waals surface area contributed by atoms with Crippen LogP contribution in [-0.2, 0) is 6.42 Å². The van der Waals surface area contributed by atoms with Crippen molar-refractivity contribution in [1.82, 2.24) is 10.1 Å². The van der Waals surface area contributed by atoms with Gasteiger partial charge in [-0.15, -0.1) is 0 Å². The Morgan fingerprint density at radius 2 is 2.33 bits per heavy atom. The van der Waals surface area contributed by atoms with E-state index in [2.05, 4.69) is 17.4 Å². The minimum Gasteiger partial charge on any atom is -0.361 e. The molecule has 0 spiro atoms. The molecule has 0 bridgehead atoms. The lowest BCUT2D eigenvalue weighted by Crippen LogP contribution is -2.34. The fraction of sp³-hybridized carbons (Fsp3) is 0.412. The largest absolute Gasteiger partial charge is 0.361 e. The molecule has 1 atom stereocenters. The average molecular weight is 352 g/mol. The summed E-state index contributed by atoms with van der Waals surface area (Å²) >= 11 is 5.75. The summed E-state index contributed by atoms with van der Waals surface area (Å²) in [6.45, 7) is 2.72. The number of anilines is 1. The average Bonchev–Trinajstić information content (AvgIpc) is 3.20. The van der Waals surface area contributed by atoms with Crippen molar-refractivity contribution in [2.75, 3.05) is 11.9 Å². The van der Waals surface area contributed by atoms with Gasteiger partial charge in [0.05, 0.1) is 11.1 Å². The van der Waals surface area contributed by atoms with Crippen LogP contribution in [0.5, 0.6) is 0 Å². The Morgan fingerprint density at radius 1 is 1.50 bits per heavy atom. The van der Waals surface area contributed by atoms with Gasteiger partial charge in [-0.05, 0) is 37.5 Å². The monoisotopic (exact) mass is 351 g/mol. The Morgan fingerprint density at radius 3 is 3.08 bits per heavy atom. The molecule has 0 aliphatic carbocycles. The van der Waals surface area contributed by atoms with Gasteiger partial charge in [-0.1, -0.05) is 23.7 Å². The van der Waals surface area contributed by atoms with Crippen molar-refractivity contribution < 1.29 is 13.7 Å². The van der Waals surface area contributed by atoms with Crippen LogP contribution in [0.15, 0.2) is 28.8 Å².